The lowest BCUT2D eigenvalue weighted by Crippen LogP contribution is -2.41. The highest BCUT2D eigenvalue weighted by molar-refractivity contribution is 7.89. The third kappa shape index (κ3) is 4.47. The molecule has 0 aromatic heterocycles. The number of hydrogen-bond donors (Lipinski definition) is 2. The van der Waals surface area contributed by atoms with Gasteiger partial charge in [0, 0.05) is 18.3 Å². The second-order valence-corrected chi connectivity index (χ2v) is 6.74. The van der Waals surface area contributed by atoms with E-state index in [2.05, 4.69) is 23.5 Å². The van der Waals surface area contributed by atoms with E-state index in [-0.39, 0.29) is 10.9 Å². The van der Waals surface area contributed by atoms with Crippen LogP contribution < -0.4 is 10.5 Å². The van der Waals surface area contributed by atoms with Gasteiger partial charge >= 0.3 is 0 Å². The highest BCUT2D eigenvalue weighted by Gasteiger charge is 2.19. The standard InChI is InChI=1S/C14H25N3O2S/c1-5-17(6-2)10-12(4)16-20(18,19)13-7-8-14(15)11(3)9-13/h7-9,12,16H,5-6,10,15H2,1-4H3. The highest BCUT2D eigenvalue weighted by Crippen LogP contribution is 2.17. The monoisotopic (exact) mass is 299 g/mol. The van der Waals surface area contributed by atoms with Crippen molar-refractivity contribution in [1.29, 1.82) is 0 Å². The molecule has 3 N–H and O–H groups in total. The normalized spacial score (nSPS) is 13.7. The van der Waals surface area contributed by atoms with Gasteiger partial charge in [0.15, 0.2) is 0 Å². The van der Waals surface area contributed by atoms with Crippen LogP contribution in [0.25, 0.3) is 0 Å². The summed E-state index contributed by atoms with van der Waals surface area (Å²) in [6.07, 6.45) is 0. The maximum atomic E-state index is 12.3. The van der Waals surface area contributed by atoms with Crippen LogP contribution in [0.2, 0.25) is 0 Å². The van der Waals surface area contributed by atoms with Crippen LogP contribution >= 0.6 is 0 Å². The van der Waals surface area contributed by atoms with Crippen molar-refractivity contribution in [3.05, 3.63) is 23.8 Å². The Hall–Kier alpha value is -1.11. The number of nitrogens with two attached hydrogens (primary N) is 1. The van der Waals surface area contributed by atoms with E-state index in [9.17, 15) is 8.42 Å². The van der Waals surface area contributed by atoms with Crippen molar-refractivity contribution in [2.24, 2.45) is 0 Å². The molecule has 114 valence electrons. The minimum absolute atomic E-state index is 0.141. The fourth-order valence-electron chi connectivity index (χ4n) is 2.05. The zero-order valence-corrected chi connectivity index (χ0v) is 13.5. The maximum absolute atomic E-state index is 12.3. The van der Waals surface area contributed by atoms with Gasteiger partial charge in [-0.25, -0.2) is 13.1 Å². The molecule has 0 aliphatic carbocycles. The molecule has 6 heteroatoms. The van der Waals surface area contributed by atoms with Crippen molar-refractivity contribution in [1.82, 2.24) is 9.62 Å². The second-order valence-electron chi connectivity index (χ2n) is 5.03. The number of likely N-dealkylation sites (N-methyl/N-ethyl adjacent to an activating group) is 1. The first-order valence-electron chi connectivity index (χ1n) is 6.91. The Morgan fingerprint density at radius 2 is 1.90 bits per heavy atom. The van der Waals surface area contributed by atoms with Gasteiger partial charge in [-0.05, 0) is 50.7 Å². The lowest BCUT2D eigenvalue weighted by molar-refractivity contribution is 0.282. The molecule has 1 aromatic rings. The molecule has 0 fully saturated rings. The van der Waals surface area contributed by atoms with Crippen LogP contribution in [0.1, 0.15) is 26.3 Å². The number of nitrogen functional groups attached to an aromatic ring is 1. The molecule has 1 aromatic carbocycles. The minimum Gasteiger partial charge on any atom is -0.399 e. The average Bonchev–Trinajstić information content (AvgIpc) is 2.38. The number of nitrogens with zero attached hydrogens (tertiary/aromatic N) is 1. The summed E-state index contributed by atoms with van der Waals surface area (Å²) in [5.41, 5.74) is 7.08. The highest BCUT2D eigenvalue weighted by atomic mass is 32.2. The Morgan fingerprint density at radius 1 is 1.30 bits per heavy atom. The molecular formula is C14H25N3O2S. The van der Waals surface area contributed by atoms with Crippen molar-refractivity contribution < 1.29 is 8.42 Å². The number of anilines is 1. The summed E-state index contributed by atoms with van der Waals surface area (Å²) in [6, 6.07) is 4.62. The number of hydrogen-bond acceptors (Lipinski definition) is 4. The third-order valence-electron chi connectivity index (χ3n) is 3.33. The fraction of sp³-hybridized carbons (Fsp3) is 0.571. The molecule has 0 heterocycles. The van der Waals surface area contributed by atoms with Crippen LogP contribution in [0.15, 0.2) is 23.1 Å². The molecule has 0 amide bonds. The predicted molar refractivity (Wildman–Crippen MR) is 83.2 cm³/mol. The van der Waals surface area contributed by atoms with Gasteiger partial charge in [-0.1, -0.05) is 13.8 Å². The summed E-state index contributed by atoms with van der Waals surface area (Å²) >= 11 is 0. The van der Waals surface area contributed by atoms with E-state index in [4.69, 9.17) is 5.73 Å². The van der Waals surface area contributed by atoms with Gasteiger partial charge < -0.3 is 10.6 Å². The molecule has 1 atom stereocenters. The topological polar surface area (TPSA) is 75.4 Å². The van der Waals surface area contributed by atoms with E-state index < -0.39 is 10.0 Å². The van der Waals surface area contributed by atoms with Gasteiger partial charge in [0.1, 0.15) is 0 Å². The number of benzene rings is 1. The van der Waals surface area contributed by atoms with Crippen LogP contribution in [0, 0.1) is 6.92 Å². The number of nitrogens with one attached hydrogen (secondary N) is 1. The van der Waals surface area contributed by atoms with Crippen LogP contribution in [-0.2, 0) is 10.0 Å². The van der Waals surface area contributed by atoms with Crippen molar-refractivity contribution in [2.45, 2.75) is 38.6 Å². The van der Waals surface area contributed by atoms with Crippen LogP contribution in [-0.4, -0.2) is 39.0 Å². The van der Waals surface area contributed by atoms with E-state index in [0.717, 1.165) is 18.7 Å². The van der Waals surface area contributed by atoms with Crippen LogP contribution in [0.5, 0.6) is 0 Å². The Labute approximate surface area is 122 Å². The third-order valence-corrected chi connectivity index (χ3v) is 4.92. The Balaban J connectivity index is 2.81. The molecule has 0 aliphatic heterocycles. The smallest absolute Gasteiger partial charge is 0.240 e. The zero-order chi connectivity index (χ0) is 15.3. The van der Waals surface area contributed by atoms with Crippen molar-refractivity contribution in [3.63, 3.8) is 0 Å². The summed E-state index contributed by atoms with van der Waals surface area (Å²) in [7, 11) is -3.49. The van der Waals surface area contributed by atoms with Gasteiger partial charge in [0.25, 0.3) is 0 Å². The van der Waals surface area contributed by atoms with Gasteiger partial charge in [0.2, 0.25) is 10.0 Å². The summed E-state index contributed by atoms with van der Waals surface area (Å²) in [5.74, 6) is 0. The zero-order valence-electron chi connectivity index (χ0n) is 12.7. The fourth-order valence-corrected chi connectivity index (χ4v) is 3.37. The van der Waals surface area contributed by atoms with Gasteiger partial charge in [0.05, 0.1) is 4.90 Å². The van der Waals surface area contributed by atoms with Gasteiger partial charge in [-0.3, -0.25) is 0 Å². The second kappa shape index (κ2) is 7.06. The number of rotatable bonds is 7. The first kappa shape index (κ1) is 16.9. The molecule has 0 bridgehead atoms. The lowest BCUT2D eigenvalue weighted by Gasteiger charge is -2.23. The van der Waals surface area contributed by atoms with Gasteiger partial charge in [-0.2, -0.15) is 0 Å². The maximum Gasteiger partial charge on any atom is 0.240 e. The van der Waals surface area contributed by atoms with E-state index in [0.29, 0.717) is 12.2 Å². The van der Waals surface area contributed by atoms with Crippen LogP contribution in [0.3, 0.4) is 0 Å². The number of aryl methyl sites for hydroxylation is 1. The molecule has 20 heavy (non-hydrogen) atoms. The van der Waals surface area contributed by atoms with Crippen LogP contribution in [0.4, 0.5) is 5.69 Å². The summed E-state index contributed by atoms with van der Waals surface area (Å²) in [6.45, 7) is 10.3. The Morgan fingerprint density at radius 3 is 2.40 bits per heavy atom. The molecule has 0 saturated heterocycles. The van der Waals surface area contributed by atoms with E-state index >= 15 is 0 Å². The van der Waals surface area contributed by atoms with E-state index in [1.807, 2.05) is 6.92 Å². The van der Waals surface area contributed by atoms with Crippen molar-refractivity contribution in [3.8, 4) is 0 Å². The molecule has 0 radical (unpaired) electrons. The molecular weight excluding hydrogens is 274 g/mol. The first-order chi connectivity index (χ1) is 9.30. The molecule has 0 spiro atoms. The Kier molecular flexibility index (Phi) is 5.98. The molecule has 0 aliphatic rings. The molecule has 5 nitrogen and oxygen atoms in total. The summed E-state index contributed by atoms with van der Waals surface area (Å²) in [5, 5.41) is 0. The largest absolute Gasteiger partial charge is 0.399 e. The van der Waals surface area contributed by atoms with Gasteiger partial charge in [-0.15, -0.1) is 0 Å². The minimum atomic E-state index is -3.49. The van der Waals surface area contributed by atoms with Crippen molar-refractivity contribution >= 4 is 15.7 Å². The lowest BCUT2D eigenvalue weighted by atomic mass is 10.2. The summed E-state index contributed by atoms with van der Waals surface area (Å²) < 4.78 is 27.3. The molecule has 1 unspecified atom stereocenters. The van der Waals surface area contributed by atoms with E-state index in [1.165, 1.54) is 6.07 Å². The van der Waals surface area contributed by atoms with E-state index in [1.54, 1.807) is 19.1 Å². The quantitative estimate of drug-likeness (QED) is 0.750. The average molecular weight is 299 g/mol. The number of sulfonamides is 1. The first-order valence-corrected chi connectivity index (χ1v) is 8.39. The molecule has 0 saturated carbocycles. The Bertz CT molecular complexity index is 539. The predicted octanol–water partition coefficient (Wildman–Crippen LogP) is 1.59. The summed E-state index contributed by atoms with van der Waals surface area (Å²) in [4.78, 5) is 2.44. The SMILES string of the molecule is CCN(CC)CC(C)NS(=O)(=O)c1ccc(N)c(C)c1. The van der Waals surface area contributed by atoms with Crippen molar-refractivity contribution in [2.75, 3.05) is 25.4 Å². The molecule has 1 rings (SSSR count).